The largest absolute Gasteiger partial charge is 0.493 e. The van der Waals surface area contributed by atoms with E-state index >= 15 is 0 Å². The van der Waals surface area contributed by atoms with E-state index < -0.39 is 4.92 Å². The maximum absolute atomic E-state index is 11.4. The topological polar surface area (TPSA) is 87.4 Å². The van der Waals surface area contributed by atoms with E-state index in [1.54, 1.807) is 18.3 Å². The fraction of sp³-hybridized carbons (Fsp3) is 0.176. The Hall–Kier alpha value is -3.22. The molecule has 2 heterocycles. The third-order valence-electron chi connectivity index (χ3n) is 3.64. The number of aryl methyl sites for hydroxylation is 2. The van der Waals surface area contributed by atoms with Gasteiger partial charge in [0, 0.05) is 11.9 Å². The van der Waals surface area contributed by atoms with Crippen molar-refractivity contribution in [3.05, 3.63) is 58.0 Å². The number of rotatable bonds is 4. The maximum Gasteiger partial charge on any atom is 0.299 e. The standard InChI is InChI=1S/C17H15N3O4/c1-10-6-7-18-16-13(20(21)22)8-14(23-3)17(15(10)16)24-12-5-4-11(2)19-9-12/h4-9H,1-3H3. The number of fused-ring (bicyclic) bond motifs is 1. The highest BCUT2D eigenvalue weighted by molar-refractivity contribution is 5.97. The quantitative estimate of drug-likeness (QED) is 0.533. The van der Waals surface area contributed by atoms with Gasteiger partial charge in [0.2, 0.25) is 0 Å². The molecule has 0 aliphatic rings. The summed E-state index contributed by atoms with van der Waals surface area (Å²) in [4.78, 5) is 19.2. The first kappa shape index (κ1) is 15.7. The first-order valence-corrected chi connectivity index (χ1v) is 7.22. The van der Waals surface area contributed by atoms with E-state index in [2.05, 4.69) is 9.97 Å². The number of ether oxygens (including phenoxy) is 2. The van der Waals surface area contributed by atoms with E-state index in [4.69, 9.17) is 9.47 Å². The first-order valence-electron chi connectivity index (χ1n) is 7.22. The molecule has 1 aromatic carbocycles. The molecule has 3 rings (SSSR count). The Balaban J connectivity index is 2.27. The molecule has 0 saturated carbocycles. The molecule has 0 bridgehead atoms. The van der Waals surface area contributed by atoms with Gasteiger partial charge in [-0.1, -0.05) is 0 Å². The van der Waals surface area contributed by atoms with E-state index in [9.17, 15) is 10.1 Å². The number of pyridine rings is 2. The minimum absolute atomic E-state index is 0.125. The van der Waals surface area contributed by atoms with Gasteiger partial charge in [0.05, 0.1) is 29.7 Å². The lowest BCUT2D eigenvalue weighted by atomic mass is 10.1. The number of aromatic nitrogens is 2. The van der Waals surface area contributed by atoms with Crippen LogP contribution in [0.15, 0.2) is 36.7 Å². The van der Waals surface area contributed by atoms with Crippen molar-refractivity contribution in [3.8, 4) is 17.2 Å². The summed E-state index contributed by atoms with van der Waals surface area (Å²) in [5, 5.41) is 11.9. The Morgan fingerprint density at radius 3 is 2.58 bits per heavy atom. The zero-order valence-electron chi connectivity index (χ0n) is 13.4. The SMILES string of the molecule is COc1cc([N+](=O)[O-])c2nccc(C)c2c1Oc1ccc(C)nc1. The summed E-state index contributed by atoms with van der Waals surface area (Å²) in [5.74, 6) is 1.16. The molecule has 0 aliphatic carbocycles. The van der Waals surface area contributed by atoms with Crippen LogP contribution in [0.3, 0.4) is 0 Å². The van der Waals surface area contributed by atoms with Crippen LogP contribution in [0.4, 0.5) is 5.69 Å². The van der Waals surface area contributed by atoms with Gasteiger partial charge in [-0.05, 0) is 37.6 Å². The summed E-state index contributed by atoms with van der Waals surface area (Å²) in [7, 11) is 1.44. The Kier molecular flexibility index (Phi) is 3.99. The molecule has 0 spiro atoms. The second-order valence-electron chi connectivity index (χ2n) is 5.27. The summed E-state index contributed by atoms with van der Waals surface area (Å²) < 4.78 is 11.3. The predicted octanol–water partition coefficient (Wildman–Crippen LogP) is 3.96. The van der Waals surface area contributed by atoms with E-state index in [1.165, 1.54) is 19.4 Å². The molecule has 7 heteroatoms. The highest BCUT2D eigenvalue weighted by Crippen LogP contribution is 2.43. The summed E-state index contributed by atoms with van der Waals surface area (Å²) >= 11 is 0. The summed E-state index contributed by atoms with van der Waals surface area (Å²) in [6.07, 6.45) is 3.13. The zero-order chi connectivity index (χ0) is 17.3. The van der Waals surface area contributed by atoms with Crippen LogP contribution < -0.4 is 9.47 Å². The molecule has 0 unspecified atom stereocenters. The van der Waals surface area contributed by atoms with Crippen LogP contribution in [-0.4, -0.2) is 22.0 Å². The molecule has 0 atom stereocenters. The van der Waals surface area contributed by atoms with Gasteiger partial charge in [-0.2, -0.15) is 0 Å². The minimum atomic E-state index is -0.478. The van der Waals surface area contributed by atoms with Crippen LogP contribution in [0.1, 0.15) is 11.3 Å². The van der Waals surface area contributed by atoms with E-state index in [0.29, 0.717) is 16.9 Å². The first-order chi connectivity index (χ1) is 11.5. The Bertz CT molecular complexity index is 923. The van der Waals surface area contributed by atoms with Gasteiger partial charge in [-0.25, -0.2) is 4.98 Å². The van der Waals surface area contributed by atoms with Crippen LogP contribution in [-0.2, 0) is 0 Å². The maximum atomic E-state index is 11.4. The number of nitro groups is 1. The molecule has 0 saturated heterocycles. The number of nitrogens with zero attached hydrogens (tertiary/aromatic N) is 3. The Labute approximate surface area is 138 Å². The smallest absolute Gasteiger partial charge is 0.299 e. The minimum Gasteiger partial charge on any atom is -0.493 e. The van der Waals surface area contributed by atoms with Crippen LogP contribution in [0.5, 0.6) is 17.2 Å². The second kappa shape index (κ2) is 6.11. The molecule has 0 aliphatic heterocycles. The number of benzene rings is 1. The van der Waals surface area contributed by atoms with Crippen molar-refractivity contribution in [3.63, 3.8) is 0 Å². The van der Waals surface area contributed by atoms with Crippen LogP contribution in [0.2, 0.25) is 0 Å². The van der Waals surface area contributed by atoms with Gasteiger partial charge < -0.3 is 9.47 Å². The number of nitro benzene ring substituents is 1. The van der Waals surface area contributed by atoms with Crippen molar-refractivity contribution in [2.45, 2.75) is 13.8 Å². The molecule has 0 fully saturated rings. The summed E-state index contributed by atoms with van der Waals surface area (Å²) in [5.41, 5.74) is 1.80. The van der Waals surface area contributed by atoms with E-state index in [-0.39, 0.29) is 17.0 Å². The molecule has 7 nitrogen and oxygen atoms in total. The van der Waals surface area contributed by atoms with Crippen molar-refractivity contribution >= 4 is 16.6 Å². The summed E-state index contributed by atoms with van der Waals surface area (Å²) in [6.45, 7) is 3.72. The lowest BCUT2D eigenvalue weighted by Crippen LogP contribution is -1.99. The second-order valence-corrected chi connectivity index (χ2v) is 5.27. The van der Waals surface area contributed by atoms with Crippen molar-refractivity contribution in [1.82, 2.24) is 9.97 Å². The summed E-state index contributed by atoms with van der Waals surface area (Å²) in [6, 6.07) is 6.69. The average molecular weight is 325 g/mol. The number of non-ortho nitro benzene ring substituents is 1. The average Bonchev–Trinajstić information content (AvgIpc) is 2.56. The molecule has 0 N–H and O–H groups in total. The molecular weight excluding hydrogens is 310 g/mol. The third kappa shape index (κ3) is 2.71. The molecule has 0 amide bonds. The van der Waals surface area contributed by atoms with Gasteiger partial charge in [0.1, 0.15) is 5.75 Å². The normalized spacial score (nSPS) is 10.6. The number of hydrogen-bond acceptors (Lipinski definition) is 6. The monoisotopic (exact) mass is 325 g/mol. The van der Waals surface area contributed by atoms with Crippen molar-refractivity contribution in [2.75, 3.05) is 7.11 Å². The predicted molar refractivity (Wildman–Crippen MR) is 88.7 cm³/mol. The van der Waals surface area contributed by atoms with E-state index in [0.717, 1.165) is 11.3 Å². The molecule has 3 aromatic rings. The van der Waals surface area contributed by atoms with Crippen LogP contribution in [0.25, 0.3) is 10.9 Å². The van der Waals surface area contributed by atoms with Gasteiger partial charge >= 0.3 is 0 Å². The van der Waals surface area contributed by atoms with Gasteiger partial charge in [-0.3, -0.25) is 15.1 Å². The molecule has 0 radical (unpaired) electrons. The van der Waals surface area contributed by atoms with Gasteiger partial charge in [-0.15, -0.1) is 0 Å². The third-order valence-corrected chi connectivity index (χ3v) is 3.64. The molecule has 24 heavy (non-hydrogen) atoms. The number of hydrogen-bond donors (Lipinski definition) is 0. The Morgan fingerprint density at radius 2 is 1.96 bits per heavy atom. The molecule has 2 aromatic heterocycles. The van der Waals surface area contributed by atoms with Crippen LogP contribution >= 0.6 is 0 Å². The van der Waals surface area contributed by atoms with Crippen LogP contribution in [0, 0.1) is 24.0 Å². The van der Waals surface area contributed by atoms with E-state index in [1.807, 2.05) is 19.9 Å². The zero-order valence-corrected chi connectivity index (χ0v) is 13.4. The van der Waals surface area contributed by atoms with Gasteiger partial charge in [0.15, 0.2) is 17.0 Å². The van der Waals surface area contributed by atoms with Crippen molar-refractivity contribution in [1.29, 1.82) is 0 Å². The fourth-order valence-electron chi connectivity index (χ4n) is 2.44. The highest BCUT2D eigenvalue weighted by Gasteiger charge is 2.23. The Morgan fingerprint density at radius 1 is 1.17 bits per heavy atom. The molecule has 122 valence electrons. The fourth-order valence-corrected chi connectivity index (χ4v) is 2.44. The lowest BCUT2D eigenvalue weighted by molar-refractivity contribution is -0.383. The van der Waals surface area contributed by atoms with Crippen molar-refractivity contribution in [2.24, 2.45) is 0 Å². The van der Waals surface area contributed by atoms with Crippen molar-refractivity contribution < 1.29 is 14.4 Å². The highest BCUT2D eigenvalue weighted by atomic mass is 16.6. The van der Waals surface area contributed by atoms with Gasteiger partial charge in [0.25, 0.3) is 5.69 Å². The number of methoxy groups -OCH3 is 1. The molecular formula is C17H15N3O4. The lowest BCUT2D eigenvalue weighted by Gasteiger charge is -2.14.